The van der Waals surface area contributed by atoms with E-state index in [0.717, 1.165) is 29.8 Å². The molecule has 0 aliphatic carbocycles. The molecule has 0 fully saturated rings. The molecule has 0 saturated heterocycles. The van der Waals surface area contributed by atoms with E-state index in [1.165, 1.54) is 0 Å². The lowest BCUT2D eigenvalue weighted by atomic mass is 9.89. The van der Waals surface area contributed by atoms with Crippen LogP contribution in [0, 0.1) is 0 Å². The summed E-state index contributed by atoms with van der Waals surface area (Å²) in [7, 11) is 0. The highest BCUT2D eigenvalue weighted by Gasteiger charge is 2.21. The normalized spacial score (nSPS) is 15.8. The van der Waals surface area contributed by atoms with E-state index >= 15 is 0 Å². The van der Waals surface area contributed by atoms with Crippen molar-refractivity contribution in [3.8, 4) is 0 Å². The number of pyridine rings is 1. The van der Waals surface area contributed by atoms with Crippen LogP contribution < -0.4 is 5.32 Å². The topological polar surface area (TPSA) is 42.0 Å². The zero-order valence-corrected chi connectivity index (χ0v) is 9.42. The van der Waals surface area contributed by atoms with E-state index in [1.54, 1.807) is 0 Å². The summed E-state index contributed by atoms with van der Waals surface area (Å²) in [5.41, 5.74) is 2.82. The van der Waals surface area contributed by atoms with Gasteiger partial charge in [0.25, 0.3) is 5.91 Å². The molecule has 0 radical (unpaired) electrons. The van der Waals surface area contributed by atoms with Crippen LogP contribution in [0.5, 0.6) is 0 Å². The van der Waals surface area contributed by atoms with Crippen molar-refractivity contribution < 1.29 is 4.79 Å². The second kappa shape index (κ2) is 3.33. The monoisotopic (exact) mass is 204 g/mol. The molecule has 0 bridgehead atoms. The summed E-state index contributed by atoms with van der Waals surface area (Å²) >= 11 is 0. The number of amides is 1. The average Bonchev–Trinajstić information content (AvgIpc) is 2.16. The molecule has 80 valence electrons. The fourth-order valence-electron chi connectivity index (χ4n) is 1.71. The number of hydrogen-bond donors (Lipinski definition) is 1. The Bertz CT molecular complexity index is 405. The third-order valence-corrected chi connectivity index (χ3v) is 2.68. The third-order valence-electron chi connectivity index (χ3n) is 2.68. The summed E-state index contributed by atoms with van der Waals surface area (Å²) in [6.45, 7) is 7.02. The number of carbonyl (C=O) groups excluding carboxylic acids is 1. The third kappa shape index (κ3) is 1.87. The van der Waals surface area contributed by atoms with Crippen LogP contribution in [0.3, 0.4) is 0 Å². The van der Waals surface area contributed by atoms with E-state index in [4.69, 9.17) is 0 Å². The predicted molar refractivity (Wildman–Crippen MR) is 59.0 cm³/mol. The first kappa shape index (κ1) is 10.1. The molecule has 0 atom stereocenters. The van der Waals surface area contributed by atoms with Crippen molar-refractivity contribution in [2.24, 2.45) is 0 Å². The van der Waals surface area contributed by atoms with Crippen molar-refractivity contribution in [2.75, 3.05) is 6.54 Å². The number of rotatable bonds is 0. The highest BCUT2D eigenvalue weighted by Crippen LogP contribution is 2.23. The minimum Gasteiger partial charge on any atom is -0.352 e. The number of aromatic nitrogens is 1. The molecule has 2 rings (SSSR count). The maximum atomic E-state index is 11.6. The van der Waals surface area contributed by atoms with E-state index in [9.17, 15) is 4.79 Å². The molecule has 0 spiro atoms. The van der Waals surface area contributed by atoms with Gasteiger partial charge in [-0.1, -0.05) is 20.8 Å². The van der Waals surface area contributed by atoms with E-state index in [2.05, 4.69) is 31.1 Å². The molecule has 0 aromatic carbocycles. The Morgan fingerprint density at radius 2 is 2.13 bits per heavy atom. The standard InChI is InChI=1S/C12H16N2O/c1-12(2,3)10-6-9-8(7-14-10)4-5-13-11(9)15/h6-7H,4-5H2,1-3H3,(H,13,15). The number of nitrogens with zero attached hydrogens (tertiary/aromatic N) is 1. The Hall–Kier alpha value is -1.38. The molecule has 1 aromatic rings. The van der Waals surface area contributed by atoms with E-state index < -0.39 is 0 Å². The first-order valence-electron chi connectivity index (χ1n) is 5.26. The minimum absolute atomic E-state index is 0.00719. The summed E-state index contributed by atoms with van der Waals surface area (Å²) in [6.07, 6.45) is 2.73. The maximum Gasteiger partial charge on any atom is 0.251 e. The van der Waals surface area contributed by atoms with Gasteiger partial charge in [0.05, 0.1) is 0 Å². The largest absolute Gasteiger partial charge is 0.352 e. The van der Waals surface area contributed by atoms with Gasteiger partial charge in [0.1, 0.15) is 0 Å². The lowest BCUT2D eigenvalue weighted by molar-refractivity contribution is 0.0945. The molecule has 2 heterocycles. The van der Waals surface area contributed by atoms with Crippen LogP contribution in [0.2, 0.25) is 0 Å². The van der Waals surface area contributed by atoms with E-state index in [-0.39, 0.29) is 11.3 Å². The van der Waals surface area contributed by atoms with Crippen LogP contribution >= 0.6 is 0 Å². The average molecular weight is 204 g/mol. The Morgan fingerprint density at radius 1 is 1.40 bits per heavy atom. The second-order valence-electron chi connectivity index (χ2n) is 4.98. The summed E-state index contributed by atoms with van der Waals surface area (Å²) in [6, 6.07) is 1.92. The smallest absolute Gasteiger partial charge is 0.251 e. The summed E-state index contributed by atoms with van der Waals surface area (Å²) in [4.78, 5) is 16.0. The molecule has 0 unspecified atom stereocenters. The van der Waals surface area contributed by atoms with Gasteiger partial charge in [-0.25, -0.2) is 0 Å². The van der Waals surface area contributed by atoms with Crippen molar-refractivity contribution in [1.29, 1.82) is 0 Å². The summed E-state index contributed by atoms with van der Waals surface area (Å²) in [5.74, 6) is 0.0316. The fourth-order valence-corrected chi connectivity index (χ4v) is 1.71. The molecule has 1 N–H and O–H groups in total. The Morgan fingerprint density at radius 3 is 2.80 bits per heavy atom. The maximum absolute atomic E-state index is 11.6. The predicted octanol–water partition coefficient (Wildman–Crippen LogP) is 1.66. The molecule has 3 heteroatoms. The summed E-state index contributed by atoms with van der Waals surface area (Å²) in [5, 5.41) is 2.85. The lowest BCUT2D eigenvalue weighted by Gasteiger charge is -2.22. The van der Waals surface area contributed by atoms with Gasteiger partial charge in [-0.05, 0) is 18.1 Å². The molecule has 1 aromatic heterocycles. The minimum atomic E-state index is -0.00719. The van der Waals surface area contributed by atoms with Crippen LogP contribution in [0.25, 0.3) is 0 Å². The van der Waals surface area contributed by atoms with Gasteiger partial charge < -0.3 is 5.32 Å². The van der Waals surface area contributed by atoms with Gasteiger partial charge >= 0.3 is 0 Å². The number of hydrogen-bond acceptors (Lipinski definition) is 2. The van der Waals surface area contributed by atoms with Crippen LogP contribution in [-0.4, -0.2) is 17.4 Å². The number of carbonyl (C=O) groups is 1. The van der Waals surface area contributed by atoms with Gasteiger partial charge in [0.2, 0.25) is 0 Å². The van der Waals surface area contributed by atoms with Crippen molar-refractivity contribution >= 4 is 5.91 Å². The van der Waals surface area contributed by atoms with Crippen molar-refractivity contribution in [1.82, 2.24) is 10.3 Å². The lowest BCUT2D eigenvalue weighted by Crippen LogP contribution is -2.32. The van der Waals surface area contributed by atoms with Gasteiger partial charge in [-0.2, -0.15) is 0 Å². The second-order valence-corrected chi connectivity index (χ2v) is 4.98. The molecule has 3 nitrogen and oxygen atoms in total. The van der Waals surface area contributed by atoms with Crippen molar-refractivity contribution in [3.63, 3.8) is 0 Å². The molecule has 15 heavy (non-hydrogen) atoms. The summed E-state index contributed by atoms with van der Waals surface area (Å²) < 4.78 is 0. The fraction of sp³-hybridized carbons (Fsp3) is 0.500. The highest BCUT2D eigenvalue weighted by molar-refractivity contribution is 5.96. The highest BCUT2D eigenvalue weighted by atomic mass is 16.1. The Labute approximate surface area is 89.9 Å². The molecule has 0 saturated carbocycles. The Kier molecular flexibility index (Phi) is 2.25. The SMILES string of the molecule is CC(C)(C)c1cc2c(cn1)CCNC2=O. The van der Waals surface area contributed by atoms with Crippen LogP contribution in [0.1, 0.15) is 42.4 Å². The molecular formula is C12H16N2O. The zero-order valence-electron chi connectivity index (χ0n) is 9.42. The van der Waals surface area contributed by atoms with Gasteiger partial charge in [0.15, 0.2) is 0 Å². The van der Waals surface area contributed by atoms with Crippen molar-refractivity contribution in [3.05, 3.63) is 29.1 Å². The molecule has 1 amide bonds. The van der Waals surface area contributed by atoms with Gasteiger partial charge in [-0.15, -0.1) is 0 Å². The molecule has 1 aliphatic heterocycles. The van der Waals surface area contributed by atoms with E-state index in [1.807, 2.05) is 12.3 Å². The molecule has 1 aliphatic rings. The van der Waals surface area contributed by atoms with Gasteiger partial charge in [0, 0.05) is 29.4 Å². The zero-order chi connectivity index (χ0) is 11.1. The first-order valence-corrected chi connectivity index (χ1v) is 5.26. The Balaban J connectivity index is 2.49. The van der Waals surface area contributed by atoms with Crippen LogP contribution in [0.15, 0.2) is 12.3 Å². The van der Waals surface area contributed by atoms with Crippen LogP contribution in [0.4, 0.5) is 0 Å². The molecular weight excluding hydrogens is 188 g/mol. The van der Waals surface area contributed by atoms with Crippen molar-refractivity contribution in [2.45, 2.75) is 32.6 Å². The van der Waals surface area contributed by atoms with Gasteiger partial charge in [-0.3, -0.25) is 9.78 Å². The number of fused-ring (bicyclic) bond motifs is 1. The number of nitrogens with one attached hydrogen (secondary N) is 1. The van der Waals surface area contributed by atoms with Crippen LogP contribution in [-0.2, 0) is 11.8 Å². The van der Waals surface area contributed by atoms with E-state index in [0.29, 0.717) is 0 Å². The first-order chi connectivity index (χ1) is 6.98. The quantitative estimate of drug-likeness (QED) is 0.698.